The first-order valence-corrected chi connectivity index (χ1v) is 6.38. The SMILES string of the molecule is Cc1cccc(-c2ccc(OC(C)C)c(C#N)c2)c1. The van der Waals surface area contributed by atoms with Crippen molar-refractivity contribution >= 4 is 0 Å². The molecule has 0 heterocycles. The molecule has 0 unspecified atom stereocenters. The molecule has 2 nitrogen and oxygen atoms in total. The Morgan fingerprint density at radius 1 is 1.05 bits per heavy atom. The molecule has 2 aromatic carbocycles. The van der Waals surface area contributed by atoms with Crippen molar-refractivity contribution in [1.82, 2.24) is 0 Å². The highest BCUT2D eigenvalue weighted by molar-refractivity contribution is 5.67. The fourth-order valence-corrected chi connectivity index (χ4v) is 1.98. The maximum atomic E-state index is 9.23. The van der Waals surface area contributed by atoms with Gasteiger partial charge in [0.1, 0.15) is 11.8 Å². The Morgan fingerprint density at radius 2 is 1.79 bits per heavy atom. The van der Waals surface area contributed by atoms with Gasteiger partial charge in [0.15, 0.2) is 0 Å². The third kappa shape index (κ3) is 3.14. The van der Waals surface area contributed by atoms with Gasteiger partial charge in [-0.25, -0.2) is 0 Å². The molecule has 0 radical (unpaired) electrons. The molecule has 0 saturated heterocycles. The molecule has 19 heavy (non-hydrogen) atoms. The average molecular weight is 251 g/mol. The Kier molecular flexibility index (Phi) is 3.87. The lowest BCUT2D eigenvalue weighted by atomic mass is 10.0. The molecule has 96 valence electrons. The highest BCUT2D eigenvalue weighted by Gasteiger charge is 2.07. The van der Waals surface area contributed by atoms with Crippen LogP contribution in [-0.4, -0.2) is 6.10 Å². The molecule has 0 spiro atoms. The normalized spacial score (nSPS) is 10.3. The zero-order valence-corrected chi connectivity index (χ0v) is 11.5. The first-order valence-electron chi connectivity index (χ1n) is 6.38. The van der Waals surface area contributed by atoms with Crippen LogP contribution in [0.5, 0.6) is 5.75 Å². The second kappa shape index (κ2) is 5.58. The summed E-state index contributed by atoms with van der Waals surface area (Å²) in [6.07, 6.45) is 0.0666. The lowest BCUT2D eigenvalue weighted by Gasteiger charge is -2.12. The van der Waals surface area contributed by atoms with Crippen molar-refractivity contribution in [2.75, 3.05) is 0 Å². The van der Waals surface area contributed by atoms with Crippen LogP contribution in [0.25, 0.3) is 11.1 Å². The van der Waals surface area contributed by atoms with Crippen LogP contribution in [0.2, 0.25) is 0 Å². The summed E-state index contributed by atoms with van der Waals surface area (Å²) in [7, 11) is 0. The van der Waals surface area contributed by atoms with Crippen LogP contribution in [0.15, 0.2) is 42.5 Å². The number of hydrogen-bond donors (Lipinski definition) is 0. The summed E-state index contributed by atoms with van der Waals surface area (Å²) in [5, 5.41) is 9.23. The number of ether oxygens (including phenoxy) is 1. The maximum absolute atomic E-state index is 9.23. The Labute approximate surface area is 114 Å². The van der Waals surface area contributed by atoms with Gasteiger partial charge in [-0.05, 0) is 44.0 Å². The number of benzene rings is 2. The molecular weight excluding hydrogens is 234 g/mol. The van der Waals surface area contributed by atoms with Gasteiger partial charge in [0.2, 0.25) is 0 Å². The second-order valence-electron chi connectivity index (χ2n) is 4.86. The predicted molar refractivity (Wildman–Crippen MR) is 77.1 cm³/mol. The van der Waals surface area contributed by atoms with Crippen molar-refractivity contribution in [1.29, 1.82) is 5.26 Å². The van der Waals surface area contributed by atoms with Crippen LogP contribution in [-0.2, 0) is 0 Å². The molecule has 2 rings (SSSR count). The van der Waals surface area contributed by atoms with Crippen molar-refractivity contribution in [3.8, 4) is 22.9 Å². The summed E-state index contributed by atoms with van der Waals surface area (Å²) < 4.78 is 5.63. The van der Waals surface area contributed by atoms with Gasteiger partial charge in [0.25, 0.3) is 0 Å². The molecular formula is C17H17NO. The first-order chi connectivity index (χ1) is 9.10. The molecule has 0 saturated carbocycles. The highest BCUT2D eigenvalue weighted by atomic mass is 16.5. The van der Waals surface area contributed by atoms with Crippen LogP contribution in [0.1, 0.15) is 25.0 Å². The molecule has 0 N–H and O–H groups in total. The molecule has 0 aromatic heterocycles. The topological polar surface area (TPSA) is 33.0 Å². The van der Waals surface area contributed by atoms with Crippen LogP contribution in [0.4, 0.5) is 0 Å². The van der Waals surface area contributed by atoms with E-state index < -0.39 is 0 Å². The lowest BCUT2D eigenvalue weighted by Crippen LogP contribution is -2.06. The van der Waals surface area contributed by atoms with E-state index in [1.165, 1.54) is 5.56 Å². The number of nitrogens with zero attached hydrogens (tertiary/aromatic N) is 1. The predicted octanol–water partition coefficient (Wildman–Crippen LogP) is 4.32. The monoisotopic (exact) mass is 251 g/mol. The van der Waals surface area contributed by atoms with Crippen LogP contribution in [0.3, 0.4) is 0 Å². The van der Waals surface area contributed by atoms with Crippen LogP contribution >= 0.6 is 0 Å². The molecule has 0 bridgehead atoms. The van der Waals surface area contributed by atoms with Crippen molar-refractivity contribution in [3.05, 3.63) is 53.6 Å². The number of rotatable bonds is 3. The van der Waals surface area contributed by atoms with E-state index in [-0.39, 0.29) is 6.10 Å². The molecule has 0 aliphatic carbocycles. The molecule has 0 fully saturated rings. The third-order valence-corrected chi connectivity index (χ3v) is 2.81. The summed E-state index contributed by atoms with van der Waals surface area (Å²) in [4.78, 5) is 0. The largest absolute Gasteiger partial charge is 0.490 e. The van der Waals surface area contributed by atoms with Crippen molar-refractivity contribution < 1.29 is 4.74 Å². The average Bonchev–Trinajstić information content (AvgIpc) is 2.38. The fraction of sp³-hybridized carbons (Fsp3) is 0.235. The van der Waals surface area contributed by atoms with Gasteiger partial charge < -0.3 is 4.74 Å². The maximum Gasteiger partial charge on any atom is 0.137 e. The summed E-state index contributed by atoms with van der Waals surface area (Å²) in [6.45, 7) is 5.97. The molecule has 2 heteroatoms. The summed E-state index contributed by atoms with van der Waals surface area (Å²) in [5.74, 6) is 0.647. The molecule has 0 aliphatic rings. The van der Waals surface area contributed by atoms with Crippen LogP contribution in [0, 0.1) is 18.3 Å². The van der Waals surface area contributed by atoms with Gasteiger partial charge in [-0.3, -0.25) is 0 Å². The smallest absolute Gasteiger partial charge is 0.137 e. The van der Waals surface area contributed by atoms with Gasteiger partial charge in [-0.15, -0.1) is 0 Å². The first kappa shape index (κ1) is 13.2. The molecule has 0 atom stereocenters. The minimum Gasteiger partial charge on any atom is -0.490 e. The summed E-state index contributed by atoms with van der Waals surface area (Å²) >= 11 is 0. The quantitative estimate of drug-likeness (QED) is 0.813. The van der Waals surface area contributed by atoms with E-state index in [1.54, 1.807) is 0 Å². The van der Waals surface area contributed by atoms with E-state index in [4.69, 9.17) is 4.74 Å². The van der Waals surface area contributed by atoms with Gasteiger partial charge in [-0.2, -0.15) is 5.26 Å². The van der Waals surface area contributed by atoms with E-state index in [2.05, 4.69) is 25.1 Å². The summed E-state index contributed by atoms with van der Waals surface area (Å²) in [5.41, 5.74) is 3.94. The van der Waals surface area contributed by atoms with Gasteiger partial charge >= 0.3 is 0 Å². The Balaban J connectivity index is 2.42. The zero-order valence-electron chi connectivity index (χ0n) is 11.5. The fourth-order valence-electron chi connectivity index (χ4n) is 1.98. The number of aryl methyl sites for hydroxylation is 1. The standard InChI is InChI=1S/C17H17NO/c1-12(2)19-17-8-7-15(10-16(17)11-18)14-6-4-5-13(3)9-14/h4-10,12H,1-3H3. The minimum atomic E-state index is 0.0666. The third-order valence-electron chi connectivity index (χ3n) is 2.81. The van der Waals surface area contributed by atoms with Gasteiger partial charge in [0, 0.05) is 0 Å². The summed E-state index contributed by atoms with van der Waals surface area (Å²) in [6, 6.07) is 16.2. The lowest BCUT2D eigenvalue weighted by molar-refractivity contribution is 0.242. The molecule has 2 aromatic rings. The highest BCUT2D eigenvalue weighted by Crippen LogP contribution is 2.27. The second-order valence-corrected chi connectivity index (χ2v) is 4.86. The number of nitriles is 1. The van der Waals surface area contributed by atoms with E-state index in [9.17, 15) is 5.26 Å². The minimum absolute atomic E-state index is 0.0666. The van der Waals surface area contributed by atoms with E-state index in [1.807, 2.05) is 44.2 Å². The van der Waals surface area contributed by atoms with Crippen molar-refractivity contribution in [2.24, 2.45) is 0 Å². The Hall–Kier alpha value is -2.27. The van der Waals surface area contributed by atoms with E-state index in [0.29, 0.717) is 11.3 Å². The van der Waals surface area contributed by atoms with E-state index in [0.717, 1.165) is 11.1 Å². The Bertz CT molecular complexity index is 623. The number of hydrogen-bond acceptors (Lipinski definition) is 2. The van der Waals surface area contributed by atoms with E-state index >= 15 is 0 Å². The van der Waals surface area contributed by atoms with Crippen LogP contribution < -0.4 is 4.74 Å². The molecule has 0 aliphatic heterocycles. The molecule has 0 amide bonds. The van der Waals surface area contributed by atoms with Crippen molar-refractivity contribution in [2.45, 2.75) is 26.9 Å². The Morgan fingerprint density at radius 3 is 2.42 bits per heavy atom. The zero-order chi connectivity index (χ0) is 13.8. The van der Waals surface area contributed by atoms with Crippen molar-refractivity contribution in [3.63, 3.8) is 0 Å². The van der Waals surface area contributed by atoms with Gasteiger partial charge in [-0.1, -0.05) is 35.9 Å². The van der Waals surface area contributed by atoms with Gasteiger partial charge in [0.05, 0.1) is 11.7 Å².